The van der Waals surface area contributed by atoms with Gasteiger partial charge in [0.05, 0.1) is 11.8 Å². The Morgan fingerprint density at radius 1 is 1.08 bits per heavy atom. The number of aromatic nitrogens is 1. The van der Waals surface area contributed by atoms with E-state index in [0.717, 1.165) is 37.0 Å². The third-order valence-electron chi connectivity index (χ3n) is 5.08. The van der Waals surface area contributed by atoms with E-state index in [1.54, 1.807) is 6.07 Å². The van der Waals surface area contributed by atoms with Crippen LogP contribution in [-0.4, -0.2) is 17.1 Å². The lowest BCUT2D eigenvalue weighted by atomic mass is 9.81. The van der Waals surface area contributed by atoms with E-state index in [-0.39, 0.29) is 6.10 Å². The van der Waals surface area contributed by atoms with Gasteiger partial charge < -0.3 is 16.2 Å². The first kappa shape index (κ1) is 15.4. The largest absolute Gasteiger partial charge is 0.384 e. The maximum Gasteiger partial charge on any atom is 0.154 e. The molecule has 3 aliphatic rings. The fraction of sp³-hybridized carbons (Fsp3) is 0.350. The molecule has 4 rings (SSSR count). The standard InChI is InChI=1S/C20H23N3O/c21-15-9-11-16(12-10-15)24-20(18-7-2-8-19(22)23-18)13-3-5-14-4-1-6-17(14)20/h1-8,13,15-16H,9-12,21H2,(H2,22,23). The van der Waals surface area contributed by atoms with Gasteiger partial charge in [-0.05, 0) is 49.5 Å². The summed E-state index contributed by atoms with van der Waals surface area (Å²) in [5, 5.41) is 0. The van der Waals surface area contributed by atoms with Crippen LogP contribution < -0.4 is 11.5 Å². The Labute approximate surface area is 142 Å². The van der Waals surface area contributed by atoms with Gasteiger partial charge in [0.1, 0.15) is 5.82 Å². The summed E-state index contributed by atoms with van der Waals surface area (Å²) in [5.41, 5.74) is 14.5. The average Bonchev–Trinajstić information content (AvgIpc) is 3.07. The van der Waals surface area contributed by atoms with E-state index in [1.165, 1.54) is 5.57 Å². The topological polar surface area (TPSA) is 74.2 Å². The maximum atomic E-state index is 6.71. The summed E-state index contributed by atoms with van der Waals surface area (Å²) in [4.78, 5) is 4.59. The van der Waals surface area contributed by atoms with E-state index in [4.69, 9.17) is 16.2 Å². The molecule has 4 nitrogen and oxygen atoms in total. The molecule has 0 bridgehead atoms. The summed E-state index contributed by atoms with van der Waals surface area (Å²) in [6, 6.07) is 6.05. The molecule has 0 saturated heterocycles. The molecule has 1 unspecified atom stereocenters. The number of allylic oxidation sites excluding steroid dienone is 5. The average molecular weight is 321 g/mol. The second-order valence-corrected chi connectivity index (χ2v) is 6.76. The number of nitrogens with two attached hydrogens (primary N) is 2. The van der Waals surface area contributed by atoms with Crippen molar-refractivity contribution < 1.29 is 4.74 Å². The minimum atomic E-state index is -0.672. The van der Waals surface area contributed by atoms with Crippen molar-refractivity contribution in [2.45, 2.75) is 43.4 Å². The van der Waals surface area contributed by atoms with Crippen LogP contribution in [0, 0.1) is 0 Å². The lowest BCUT2D eigenvalue weighted by molar-refractivity contribution is -0.0629. The van der Waals surface area contributed by atoms with Gasteiger partial charge in [0.25, 0.3) is 0 Å². The summed E-state index contributed by atoms with van der Waals surface area (Å²) >= 11 is 0. The monoisotopic (exact) mass is 321 g/mol. The molecule has 1 atom stereocenters. The molecule has 1 heterocycles. The lowest BCUT2D eigenvalue weighted by Crippen LogP contribution is -2.39. The molecule has 1 saturated carbocycles. The fourth-order valence-corrected chi connectivity index (χ4v) is 3.81. The lowest BCUT2D eigenvalue weighted by Gasteiger charge is -2.39. The van der Waals surface area contributed by atoms with Crippen LogP contribution in [0.1, 0.15) is 31.4 Å². The Balaban J connectivity index is 1.73. The molecule has 1 aromatic rings. The van der Waals surface area contributed by atoms with Crippen LogP contribution in [0.5, 0.6) is 0 Å². The predicted molar refractivity (Wildman–Crippen MR) is 96.1 cm³/mol. The molecule has 24 heavy (non-hydrogen) atoms. The van der Waals surface area contributed by atoms with Crippen LogP contribution in [0.2, 0.25) is 0 Å². The number of hydrogen-bond acceptors (Lipinski definition) is 4. The number of nitrogens with zero attached hydrogens (tertiary/aromatic N) is 1. The van der Waals surface area contributed by atoms with E-state index in [0.29, 0.717) is 11.9 Å². The summed E-state index contributed by atoms with van der Waals surface area (Å²) in [7, 11) is 0. The van der Waals surface area contributed by atoms with Crippen LogP contribution >= 0.6 is 0 Å². The second-order valence-electron chi connectivity index (χ2n) is 6.76. The molecular weight excluding hydrogens is 298 g/mol. The van der Waals surface area contributed by atoms with Crippen molar-refractivity contribution in [1.82, 2.24) is 4.98 Å². The number of ether oxygens (including phenoxy) is 1. The van der Waals surface area contributed by atoms with Gasteiger partial charge in [0.15, 0.2) is 5.60 Å². The Morgan fingerprint density at radius 2 is 1.92 bits per heavy atom. The molecule has 124 valence electrons. The zero-order valence-electron chi connectivity index (χ0n) is 13.7. The molecule has 0 aliphatic heterocycles. The maximum absolute atomic E-state index is 6.71. The highest BCUT2D eigenvalue weighted by atomic mass is 16.5. The fourth-order valence-electron chi connectivity index (χ4n) is 3.81. The van der Waals surface area contributed by atoms with Crippen LogP contribution in [0.3, 0.4) is 0 Å². The number of pyridine rings is 1. The van der Waals surface area contributed by atoms with Gasteiger partial charge in [-0.25, -0.2) is 4.98 Å². The Hall–Kier alpha value is -2.17. The third-order valence-corrected chi connectivity index (χ3v) is 5.08. The van der Waals surface area contributed by atoms with E-state index in [2.05, 4.69) is 41.4 Å². The summed E-state index contributed by atoms with van der Waals surface area (Å²) < 4.78 is 6.71. The first-order valence-corrected chi connectivity index (χ1v) is 8.62. The molecule has 1 aromatic heterocycles. The Bertz CT molecular complexity index is 754. The summed E-state index contributed by atoms with van der Waals surface area (Å²) in [6.07, 6.45) is 16.7. The minimum absolute atomic E-state index is 0.179. The zero-order valence-corrected chi connectivity index (χ0v) is 13.7. The Morgan fingerprint density at radius 3 is 2.71 bits per heavy atom. The molecule has 4 heteroatoms. The van der Waals surface area contributed by atoms with E-state index < -0.39 is 5.60 Å². The summed E-state index contributed by atoms with van der Waals surface area (Å²) in [5.74, 6) is 0.511. The molecule has 4 N–H and O–H groups in total. The van der Waals surface area contributed by atoms with E-state index in [1.807, 2.05) is 12.1 Å². The smallest absolute Gasteiger partial charge is 0.154 e. The van der Waals surface area contributed by atoms with E-state index >= 15 is 0 Å². The van der Waals surface area contributed by atoms with Crippen molar-refractivity contribution in [2.24, 2.45) is 5.73 Å². The highest BCUT2D eigenvalue weighted by Crippen LogP contribution is 2.45. The quantitative estimate of drug-likeness (QED) is 0.897. The minimum Gasteiger partial charge on any atom is -0.384 e. The third kappa shape index (κ3) is 2.62. The van der Waals surface area contributed by atoms with Crippen LogP contribution in [0.25, 0.3) is 0 Å². The van der Waals surface area contributed by atoms with E-state index in [9.17, 15) is 0 Å². The van der Waals surface area contributed by atoms with Crippen LogP contribution in [0.15, 0.2) is 65.8 Å². The van der Waals surface area contributed by atoms with Crippen LogP contribution in [0.4, 0.5) is 5.82 Å². The SMILES string of the molecule is Nc1cccc(C2(OC3CCC(N)CC3)C=CC=C3C=CC=C32)n1. The van der Waals surface area contributed by atoms with Crippen molar-refractivity contribution in [2.75, 3.05) is 5.73 Å². The van der Waals surface area contributed by atoms with Gasteiger partial charge in [-0.2, -0.15) is 0 Å². The zero-order chi connectivity index (χ0) is 16.6. The molecule has 0 aromatic carbocycles. The number of nitrogen functional groups attached to an aromatic ring is 1. The number of fused-ring (bicyclic) bond motifs is 1. The second kappa shape index (κ2) is 6.04. The number of anilines is 1. The molecule has 0 amide bonds. The van der Waals surface area contributed by atoms with Gasteiger partial charge in [0, 0.05) is 11.6 Å². The van der Waals surface area contributed by atoms with Crippen molar-refractivity contribution >= 4 is 5.82 Å². The highest BCUT2D eigenvalue weighted by Gasteiger charge is 2.42. The first-order valence-electron chi connectivity index (χ1n) is 8.62. The van der Waals surface area contributed by atoms with Crippen molar-refractivity contribution in [3.63, 3.8) is 0 Å². The van der Waals surface area contributed by atoms with Gasteiger partial charge in [-0.1, -0.05) is 36.4 Å². The predicted octanol–water partition coefficient (Wildman–Crippen LogP) is 3.14. The van der Waals surface area contributed by atoms with Crippen molar-refractivity contribution in [1.29, 1.82) is 0 Å². The molecule has 0 radical (unpaired) electrons. The van der Waals surface area contributed by atoms with Crippen molar-refractivity contribution in [3.05, 3.63) is 71.5 Å². The van der Waals surface area contributed by atoms with Gasteiger partial charge in [-0.3, -0.25) is 0 Å². The van der Waals surface area contributed by atoms with Gasteiger partial charge in [0.2, 0.25) is 0 Å². The van der Waals surface area contributed by atoms with Crippen molar-refractivity contribution in [3.8, 4) is 0 Å². The molecule has 1 fully saturated rings. The molecular formula is C20H23N3O. The summed E-state index contributed by atoms with van der Waals surface area (Å²) in [6.45, 7) is 0. The number of rotatable bonds is 3. The highest BCUT2D eigenvalue weighted by molar-refractivity contribution is 5.60. The Kier molecular flexibility index (Phi) is 3.87. The van der Waals surface area contributed by atoms with Crippen LogP contribution in [-0.2, 0) is 10.3 Å². The van der Waals surface area contributed by atoms with Gasteiger partial charge >= 0.3 is 0 Å². The molecule has 0 spiro atoms. The molecule has 3 aliphatic carbocycles. The first-order chi connectivity index (χ1) is 11.7. The van der Waals surface area contributed by atoms with Gasteiger partial charge in [-0.15, -0.1) is 0 Å². The number of hydrogen-bond donors (Lipinski definition) is 2. The normalized spacial score (nSPS) is 31.5.